The average Bonchev–Trinajstić information content (AvgIpc) is 3.23. The molecule has 0 amide bonds. The maximum absolute atomic E-state index is 13.2. The largest absolute Gasteiger partial charge is 0.495 e. The van der Waals surface area contributed by atoms with Crippen LogP contribution in [0.4, 0.5) is 26.3 Å². The van der Waals surface area contributed by atoms with Gasteiger partial charge in [-0.05, 0) is 94.6 Å². The third-order valence-corrected chi connectivity index (χ3v) is 9.56. The van der Waals surface area contributed by atoms with Gasteiger partial charge in [0.25, 0.3) is 0 Å². The minimum atomic E-state index is -1.49. The van der Waals surface area contributed by atoms with Gasteiger partial charge in [0.2, 0.25) is 0 Å². The molecule has 0 bridgehead atoms. The third kappa shape index (κ3) is 9.49. The van der Waals surface area contributed by atoms with Gasteiger partial charge in [-0.3, -0.25) is 0 Å². The van der Waals surface area contributed by atoms with Crippen molar-refractivity contribution in [2.45, 2.75) is 127 Å². The molecule has 2 saturated carbocycles. The van der Waals surface area contributed by atoms with E-state index in [2.05, 4.69) is 15.9 Å². The van der Waals surface area contributed by atoms with Crippen LogP contribution >= 0.6 is 15.9 Å². The maximum atomic E-state index is 13.2. The zero-order chi connectivity index (χ0) is 31.1. The highest BCUT2D eigenvalue weighted by molar-refractivity contribution is 9.09. The summed E-state index contributed by atoms with van der Waals surface area (Å²) in [5.74, 6) is -7.31. The number of benzene rings is 2. The predicted molar refractivity (Wildman–Crippen MR) is 159 cm³/mol. The molecule has 1 heterocycles. The zero-order valence-corrected chi connectivity index (χ0v) is 26.6. The molecule has 234 valence electrons. The van der Waals surface area contributed by atoms with E-state index in [-0.39, 0.29) is 11.4 Å². The molecule has 2 aliphatic carbocycles. The van der Waals surface area contributed by atoms with Crippen molar-refractivity contribution in [3.8, 4) is 0 Å². The van der Waals surface area contributed by atoms with Crippen LogP contribution in [0.5, 0.6) is 0 Å². The molecule has 2 nitrogen and oxygen atoms in total. The summed E-state index contributed by atoms with van der Waals surface area (Å²) in [5.41, 5.74) is -0.485. The fourth-order valence-electron chi connectivity index (χ4n) is 5.34. The number of halogens is 7. The van der Waals surface area contributed by atoms with E-state index >= 15 is 0 Å². The lowest BCUT2D eigenvalue weighted by Crippen LogP contribution is -2.41. The Morgan fingerprint density at radius 2 is 0.952 bits per heavy atom. The first kappa shape index (κ1) is 35.0. The first-order chi connectivity index (χ1) is 19.7. The molecule has 3 fully saturated rings. The predicted octanol–water partition coefficient (Wildman–Crippen LogP) is 10.0. The van der Waals surface area contributed by atoms with Gasteiger partial charge in [-0.1, -0.05) is 67.3 Å². The molecule has 1 aliphatic heterocycles. The van der Waals surface area contributed by atoms with Crippen molar-refractivity contribution < 1.29 is 35.7 Å². The van der Waals surface area contributed by atoms with Crippen LogP contribution in [0.2, 0.25) is 0 Å². The summed E-state index contributed by atoms with van der Waals surface area (Å²) < 4.78 is 89.4. The van der Waals surface area contributed by atoms with Crippen LogP contribution in [0.15, 0.2) is 24.3 Å². The molecule has 2 aromatic carbocycles. The summed E-state index contributed by atoms with van der Waals surface area (Å²) in [4.78, 5) is 0.838. The second kappa shape index (κ2) is 15.5. The summed E-state index contributed by atoms with van der Waals surface area (Å²) in [5, 5.41) is 0. The van der Waals surface area contributed by atoms with Crippen LogP contribution < -0.4 is 5.46 Å². The molecule has 0 atom stereocenters. The monoisotopic (exact) mass is 662 g/mol. The van der Waals surface area contributed by atoms with Gasteiger partial charge in [-0.15, -0.1) is 0 Å². The Kier molecular flexibility index (Phi) is 12.9. The van der Waals surface area contributed by atoms with Gasteiger partial charge in [-0.25, -0.2) is 26.3 Å². The highest BCUT2D eigenvalue weighted by Gasteiger charge is 2.52. The molecule has 10 heteroatoms. The van der Waals surface area contributed by atoms with Crippen molar-refractivity contribution in [2.75, 3.05) is 0 Å². The summed E-state index contributed by atoms with van der Waals surface area (Å²) in [7, 11) is -0.903. The van der Waals surface area contributed by atoms with Crippen LogP contribution in [0, 0.1) is 34.9 Å². The van der Waals surface area contributed by atoms with Crippen molar-refractivity contribution in [1.82, 2.24) is 0 Å². The Labute approximate surface area is 255 Å². The summed E-state index contributed by atoms with van der Waals surface area (Å²) in [6.07, 6.45) is 15.0. The van der Waals surface area contributed by atoms with Gasteiger partial charge in [0.15, 0.2) is 34.9 Å². The molecule has 0 N–H and O–H groups in total. The van der Waals surface area contributed by atoms with Crippen molar-refractivity contribution in [3.05, 3.63) is 64.7 Å². The maximum Gasteiger partial charge on any atom is 0.495 e. The summed E-state index contributed by atoms with van der Waals surface area (Å²) in [6.45, 7) is 7.29. The number of hydrogen-bond donors (Lipinski definition) is 0. The van der Waals surface area contributed by atoms with E-state index in [1.165, 1.54) is 51.4 Å². The lowest BCUT2D eigenvalue weighted by atomic mass is 9.79. The van der Waals surface area contributed by atoms with Gasteiger partial charge in [-0.2, -0.15) is 0 Å². The van der Waals surface area contributed by atoms with Crippen LogP contribution in [0.25, 0.3) is 0 Å². The first-order valence-corrected chi connectivity index (χ1v) is 15.9. The zero-order valence-electron chi connectivity index (χ0n) is 25.0. The van der Waals surface area contributed by atoms with Crippen molar-refractivity contribution >= 4 is 28.5 Å². The van der Waals surface area contributed by atoms with E-state index in [1.54, 1.807) is 0 Å². The minimum Gasteiger partial charge on any atom is -0.399 e. The summed E-state index contributed by atoms with van der Waals surface area (Å²) in [6, 6.07) is 4.07. The smallest absolute Gasteiger partial charge is 0.399 e. The average molecular weight is 663 g/mol. The van der Waals surface area contributed by atoms with Crippen LogP contribution in [0.1, 0.15) is 116 Å². The van der Waals surface area contributed by atoms with Crippen LogP contribution in [-0.2, 0) is 9.31 Å². The third-order valence-electron chi connectivity index (χ3n) is 8.65. The molecule has 0 spiro atoms. The molecule has 1 saturated heterocycles. The second-order valence-electron chi connectivity index (χ2n) is 12.5. The second-order valence-corrected chi connectivity index (χ2v) is 13.8. The molecule has 2 aromatic rings. The Morgan fingerprint density at radius 3 is 1.36 bits per heavy atom. The van der Waals surface area contributed by atoms with Gasteiger partial charge in [0.05, 0.1) is 11.2 Å². The number of rotatable bonds is 2. The van der Waals surface area contributed by atoms with Crippen LogP contribution in [0.3, 0.4) is 0 Å². The van der Waals surface area contributed by atoms with Crippen molar-refractivity contribution in [2.24, 2.45) is 0 Å². The fraction of sp³-hybridized carbons (Fsp3) is 0.625. The lowest BCUT2D eigenvalue weighted by Gasteiger charge is -2.32. The lowest BCUT2D eigenvalue weighted by molar-refractivity contribution is 0.00578. The highest BCUT2D eigenvalue weighted by atomic mass is 79.9. The molecule has 0 aromatic heterocycles. The first-order valence-electron chi connectivity index (χ1n) is 15.0. The minimum absolute atomic E-state index is 0.130. The molecule has 5 rings (SSSR count). The van der Waals surface area contributed by atoms with Gasteiger partial charge < -0.3 is 9.31 Å². The van der Waals surface area contributed by atoms with Gasteiger partial charge >= 0.3 is 7.12 Å². The standard InChI is InChI=1S/C13H15F3.C12H14BF3O2.C7H13Br/c14-11-7-10(8-12(15)13(11)16)9-5-3-1-2-4-6-9;1-11(2)12(3,4)18-13(17-11)7-5-8(14)10(16)9(15)6-7;8-7-5-3-1-2-4-6-7/h7-9H,1-6H2;5-6H,1-4H3;7H,1-6H2. The number of alkyl halides is 1. The van der Waals surface area contributed by atoms with Crippen molar-refractivity contribution in [1.29, 1.82) is 0 Å². The molecule has 0 unspecified atom stereocenters. The Bertz CT molecular complexity index is 1100. The highest BCUT2D eigenvalue weighted by Crippen LogP contribution is 2.37. The Hall–Kier alpha value is -1.52. The SMILES string of the molecule is BrC1CCCCCC1.CC1(C)OB(c2cc(F)c(F)c(F)c2)OC1(C)C.Fc1cc(C2CCCCCC2)cc(F)c1F. The van der Waals surface area contributed by atoms with E-state index in [0.29, 0.717) is 5.56 Å². The van der Waals surface area contributed by atoms with Crippen molar-refractivity contribution in [3.63, 3.8) is 0 Å². The summed E-state index contributed by atoms with van der Waals surface area (Å²) >= 11 is 3.64. The molecular weight excluding hydrogens is 621 g/mol. The van der Waals surface area contributed by atoms with E-state index in [9.17, 15) is 26.3 Å². The molecule has 0 radical (unpaired) electrons. The van der Waals surface area contributed by atoms with Crippen LogP contribution in [-0.4, -0.2) is 23.1 Å². The number of hydrogen-bond acceptors (Lipinski definition) is 2. The van der Waals surface area contributed by atoms with Gasteiger partial charge in [0, 0.05) is 4.83 Å². The topological polar surface area (TPSA) is 18.5 Å². The van der Waals surface area contributed by atoms with Gasteiger partial charge in [0.1, 0.15) is 0 Å². The van der Waals surface area contributed by atoms with E-state index in [1.807, 2.05) is 27.7 Å². The van der Waals surface area contributed by atoms with E-state index < -0.39 is 53.2 Å². The quantitative estimate of drug-likeness (QED) is 0.105. The Morgan fingerprint density at radius 1 is 0.595 bits per heavy atom. The molecular formula is C32H42BBrF6O2. The van der Waals surface area contributed by atoms with E-state index in [4.69, 9.17) is 9.31 Å². The molecule has 42 heavy (non-hydrogen) atoms. The Balaban J connectivity index is 0.000000185. The normalized spacial score (nSPS) is 21.0. The fourth-order valence-corrected chi connectivity index (χ4v) is 5.99. The van der Waals surface area contributed by atoms with E-state index in [0.717, 1.165) is 54.8 Å². The molecule has 3 aliphatic rings.